The van der Waals surface area contributed by atoms with E-state index in [1.807, 2.05) is 4.90 Å². The van der Waals surface area contributed by atoms with Gasteiger partial charge in [-0.05, 0) is 36.3 Å². The zero-order chi connectivity index (χ0) is 17.8. The van der Waals surface area contributed by atoms with Crippen molar-refractivity contribution in [1.82, 2.24) is 20.4 Å². The molecule has 2 amide bonds. The number of likely N-dealkylation sites (tertiary alicyclic amines) is 1. The molecule has 2 fully saturated rings. The SMILES string of the molecule is C[C@H](NC(=O)N1C[C@@H]2[C@@H](C1)C2(C)C)c1nc(-c2cccc(F)c2)no1. The van der Waals surface area contributed by atoms with Crippen LogP contribution in [0.5, 0.6) is 0 Å². The van der Waals surface area contributed by atoms with E-state index in [0.717, 1.165) is 13.1 Å². The van der Waals surface area contributed by atoms with Crippen molar-refractivity contribution in [2.45, 2.75) is 26.8 Å². The quantitative estimate of drug-likeness (QED) is 0.928. The highest BCUT2D eigenvalue weighted by atomic mass is 19.1. The minimum absolute atomic E-state index is 0.110. The molecule has 25 heavy (non-hydrogen) atoms. The number of nitrogens with zero attached hydrogens (tertiary/aromatic N) is 3. The molecule has 0 radical (unpaired) electrons. The van der Waals surface area contributed by atoms with Gasteiger partial charge in [0, 0.05) is 18.7 Å². The Morgan fingerprint density at radius 2 is 2.12 bits per heavy atom. The lowest BCUT2D eigenvalue weighted by atomic mass is 10.1. The number of carbonyl (C=O) groups is 1. The van der Waals surface area contributed by atoms with E-state index in [0.29, 0.717) is 34.5 Å². The van der Waals surface area contributed by atoms with E-state index in [4.69, 9.17) is 4.52 Å². The average Bonchev–Trinajstić information content (AvgIpc) is 3.06. The van der Waals surface area contributed by atoms with Gasteiger partial charge >= 0.3 is 6.03 Å². The van der Waals surface area contributed by atoms with Gasteiger partial charge in [-0.3, -0.25) is 0 Å². The first-order chi connectivity index (χ1) is 11.9. The normalized spacial score (nSPS) is 24.7. The van der Waals surface area contributed by atoms with Crippen molar-refractivity contribution in [2.24, 2.45) is 17.3 Å². The van der Waals surface area contributed by atoms with Crippen LogP contribution in [0.25, 0.3) is 11.4 Å². The Bertz CT molecular complexity index is 805. The van der Waals surface area contributed by atoms with Crippen LogP contribution in [0.4, 0.5) is 9.18 Å². The Morgan fingerprint density at radius 1 is 1.40 bits per heavy atom. The van der Waals surface area contributed by atoms with Crippen molar-refractivity contribution in [3.63, 3.8) is 0 Å². The molecule has 7 heteroatoms. The molecule has 4 rings (SSSR count). The maximum Gasteiger partial charge on any atom is 0.318 e. The van der Waals surface area contributed by atoms with Crippen molar-refractivity contribution in [3.8, 4) is 11.4 Å². The average molecular weight is 344 g/mol. The number of aromatic nitrogens is 2. The third-order valence-corrected chi connectivity index (χ3v) is 5.64. The van der Waals surface area contributed by atoms with Gasteiger partial charge in [-0.2, -0.15) is 4.98 Å². The number of piperidine rings is 1. The second-order valence-electron chi connectivity index (χ2n) is 7.58. The summed E-state index contributed by atoms with van der Waals surface area (Å²) in [7, 11) is 0. The molecule has 0 spiro atoms. The maximum atomic E-state index is 13.3. The first kappa shape index (κ1) is 16.1. The van der Waals surface area contributed by atoms with E-state index in [-0.39, 0.29) is 11.8 Å². The van der Waals surface area contributed by atoms with Gasteiger partial charge in [-0.25, -0.2) is 9.18 Å². The largest absolute Gasteiger partial charge is 0.337 e. The van der Waals surface area contributed by atoms with E-state index in [2.05, 4.69) is 29.3 Å². The summed E-state index contributed by atoms with van der Waals surface area (Å²) in [6.07, 6.45) is 0. The smallest absolute Gasteiger partial charge is 0.318 e. The second kappa shape index (κ2) is 5.54. The number of rotatable bonds is 3. The number of halogens is 1. The van der Waals surface area contributed by atoms with Crippen molar-refractivity contribution in [2.75, 3.05) is 13.1 Å². The van der Waals surface area contributed by atoms with E-state index < -0.39 is 6.04 Å². The zero-order valence-electron chi connectivity index (χ0n) is 14.5. The number of nitrogens with one attached hydrogen (secondary N) is 1. The molecule has 1 aromatic carbocycles. The van der Waals surface area contributed by atoms with Crippen LogP contribution in [-0.2, 0) is 0 Å². The van der Waals surface area contributed by atoms with Crippen molar-refractivity contribution >= 4 is 6.03 Å². The Hall–Kier alpha value is -2.44. The molecule has 2 aliphatic rings. The predicted molar refractivity (Wildman–Crippen MR) is 89.0 cm³/mol. The third kappa shape index (κ3) is 2.77. The second-order valence-corrected chi connectivity index (χ2v) is 7.58. The molecule has 1 aliphatic carbocycles. The van der Waals surface area contributed by atoms with E-state index in [9.17, 15) is 9.18 Å². The van der Waals surface area contributed by atoms with Gasteiger partial charge in [0.25, 0.3) is 0 Å². The van der Waals surface area contributed by atoms with Crippen LogP contribution >= 0.6 is 0 Å². The zero-order valence-corrected chi connectivity index (χ0v) is 14.5. The molecular formula is C18H21FN4O2. The summed E-state index contributed by atoms with van der Waals surface area (Å²) in [5.74, 6) is 1.46. The number of carbonyl (C=O) groups excluding carboxylic acids is 1. The van der Waals surface area contributed by atoms with E-state index in [1.54, 1.807) is 19.1 Å². The molecule has 1 saturated carbocycles. The molecule has 2 heterocycles. The predicted octanol–water partition coefficient (Wildman–Crippen LogP) is 3.23. The molecule has 0 bridgehead atoms. The Balaban J connectivity index is 1.39. The highest BCUT2D eigenvalue weighted by Crippen LogP contribution is 2.61. The summed E-state index contributed by atoms with van der Waals surface area (Å²) in [5.41, 5.74) is 0.907. The number of urea groups is 1. The number of hydrogen-bond donors (Lipinski definition) is 1. The minimum atomic E-state index is -0.410. The van der Waals surface area contributed by atoms with Crippen LogP contribution < -0.4 is 5.32 Å². The molecule has 1 aromatic heterocycles. The summed E-state index contributed by atoms with van der Waals surface area (Å²) in [4.78, 5) is 18.5. The van der Waals surface area contributed by atoms with Gasteiger partial charge in [-0.1, -0.05) is 31.1 Å². The lowest BCUT2D eigenvalue weighted by molar-refractivity contribution is 0.190. The Kier molecular flexibility index (Phi) is 3.56. The van der Waals surface area contributed by atoms with Crippen LogP contribution in [-0.4, -0.2) is 34.2 Å². The van der Waals surface area contributed by atoms with Gasteiger partial charge in [0.2, 0.25) is 11.7 Å². The first-order valence-electron chi connectivity index (χ1n) is 8.51. The number of fused-ring (bicyclic) bond motifs is 1. The van der Waals surface area contributed by atoms with Crippen LogP contribution in [0.2, 0.25) is 0 Å². The van der Waals surface area contributed by atoms with Crippen LogP contribution in [0.1, 0.15) is 32.7 Å². The topological polar surface area (TPSA) is 71.3 Å². The summed E-state index contributed by atoms with van der Waals surface area (Å²) < 4.78 is 18.5. The van der Waals surface area contributed by atoms with Gasteiger partial charge in [0.05, 0.1) is 0 Å². The maximum absolute atomic E-state index is 13.3. The highest BCUT2D eigenvalue weighted by molar-refractivity contribution is 5.75. The van der Waals surface area contributed by atoms with E-state index >= 15 is 0 Å². The minimum Gasteiger partial charge on any atom is -0.337 e. The van der Waals surface area contributed by atoms with Crippen LogP contribution in [0, 0.1) is 23.1 Å². The number of hydrogen-bond acceptors (Lipinski definition) is 4. The molecule has 2 aromatic rings. The van der Waals surface area contributed by atoms with Gasteiger partial charge in [0.1, 0.15) is 11.9 Å². The standard InChI is InChI=1S/C18H21FN4O2/c1-10(20-17(24)23-8-13-14(9-23)18(13,2)3)16-21-15(22-25-16)11-5-4-6-12(19)7-11/h4-7,10,13-14H,8-9H2,1-3H3,(H,20,24)/t10-,13+,14+/m0/s1. The number of amides is 2. The molecule has 1 N–H and O–H groups in total. The summed E-state index contributed by atoms with van der Waals surface area (Å²) in [6, 6.07) is 5.48. The van der Waals surface area contributed by atoms with Crippen LogP contribution in [0.3, 0.4) is 0 Å². The van der Waals surface area contributed by atoms with Crippen molar-refractivity contribution in [3.05, 3.63) is 36.0 Å². The molecule has 132 valence electrons. The number of benzene rings is 1. The Morgan fingerprint density at radius 3 is 2.80 bits per heavy atom. The third-order valence-electron chi connectivity index (χ3n) is 5.64. The summed E-state index contributed by atoms with van der Waals surface area (Å²) in [5, 5.41) is 6.77. The molecular weight excluding hydrogens is 323 g/mol. The first-order valence-corrected chi connectivity index (χ1v) is 8.51. The Labute approximate surface area is 145 Å². The monoisotopic (exact) mass is 344 g/mol. The van der Waals surface area contributed by atoms with E-state index in [1.165, 1.54) is 12.1 Å². The highest BCUT2D eigenvalue weighted by Gasteiger charge is 2.62. The summed E-state index contributed by atoms with van der Waals surface area (Å²) in [6.45, 7) is 7.91. The van der Waals surface area contributed by atoms with Crippen molar-refractivity contribution in [1.29, 1.82) is 0 Å². The molecule has 6 nitrogen and oxygen atoms in total. The van der Waals surface area contributed by atoms with Gasteiger partial charge < -0.3 is 14.7 Å². The molecule has 3 atom stereocenters. The fourth-order valence-corrected chi connectivity index (χ4v) is 3.79. The summed E-state index contributed by atoms with van der Waals surface area (Å²) >= 11 is 0. The van der Waals surface area contributed by atoms with Gasteiger partial charge in [-0.15, -0.1) is 0 Å². The fourth-order valence-electron chi connectivity index (χ4n) is 3.79. The van der Waals surface area contributed by atoms with Gasteiger partial charge in [0.15, 0.2) is 0 Å². The van der Waals surface area contributed by atoms with Crippen LogP contribution in [0.15, 0.2) is 28.8 Å². The lowest BCUT2D eigenvalue weighted by Crippen LogP contribution is -2.41. The van der Waals surface area contributed by atoms with Crippen molar-refractivity contribution < 1.29 is 13.7 Å². The molecule has 0 unspecified atom stereocenters. The molecule has 1 aliphatic heterocycles. The fraction of sp³-hybridized carbons (Fsp3) is 0.500. The lowest BCUT2D eigenvalue weighted by Gasteiger charge is -2.23. The molecule has 1 saturated heterocycles.